The van der Waals surface area contributed by atoms with Gasteiger partial charge < -0.3 is 15.7 Å². The van der Waals surface area contributed by atoms with Gasteiger partial charge in [-0.25, -0.2) is 0 Å². The lowest BCUT2D eigenvalue weighted by Crippen LogP contribution is -2.58. The molecular formula is C30H39N5O3. The predicted molar refractivity (Wildman–Crippen MR) is 146 cm³/mol. The minimum Gasteiger partial charge on any atom is -0.374 e. The van der Waals surface area contributed by atoms with Gasteiger partial charge in [0.25, 0.3) is 0 Å². The standard InChI is InChI=1S/C30H39N5O3/c1-29(2,3)22-11-13-24(14-12-22)35(28(37)25-19-33-17-15-30(25,38)20-31)26(21-8-7-16-32-18-21)27(36)34-23-9-5-4-6-10-23/h7-8,11-14,16,18,23,25-26,33,38H,4-6,9-10,15,17,19H2,1-3H3,(H,34,36). The van der Waals surface area contributed by atoms with E-state index in [1.807, 2.05) is 30.3 Å². The molecule has 1 aromatic heterocycles. The summed E-state index contributed by atoms with van der Waals surface area (Å²) in [6.07, 6.45) is 8.44. The lowest BCUT2D eigenvalue weighted by Gasteiger charge is -2.40. The summed E-state index contributed by atoms with van der Waals surface area (Å²) < 4.78 is 0. The molecule has 2 aromatic rings. The molecule has 1 saturated heterocycles. The number of anilines is 1. The first kappa shape index (κ1) is 27.7. The molecule has 0 spiro atoms. The van der Waals surface area contributed by atoms with Crippen LogP contribution in [0.2, 0.25) is 0 Å². The van der Waals surface area contributed by atoms with Crippen LogP contribution >= 0.6 is 0 Å². The number of pyridine rings is 1. The van der Waals surface area contributed by atoms with E-state index in [0.717, 1.165) is 37.7 Å². The minimum absolute atomic E-state index is 0.0445. The first-order chi connectivity index (χ1) is 18.1. The molecular weight excluding hydrogens is 478 g/mol. The van der Waals surface area contributed by atoms with E-state index in [4.69, 9.17) is 0 Å². The van der Waals surface area contributed by atoms with Crippen molar-refractivity contribution >= 4 is 17.5 Å². The highest BCUT2D eigenvalue weighted by Crippen LogP contribution is 2.35. The number of nitriles is 1. The zero-order valence-corrected chi connectivity index (χ0v) is 22.6. The molecule has 1 aromatic carbocycles. The first-order valence-corrected chi connectivity index (χ1v) is 13.6. The molecule has 202 valence electrons. The van der Waals surface area contributed by atoms with E-state index < -0.39 is 23.5 Å². The number of aliphatic hydroxyl groups is 1. The summed E-state index contributed by atoms with van der Waals surface area (Å²) in [6, 6.07) is 12.2. The van der Waals surface area contributed by atoms with Crippen LogP contribution in [0.5, 0.6) is 0 Å². The first-order valence-electron chi connectivity index (χ1n) is 13.6. The average Bonchev–Trinajstić information content (AvgIpc) is 2.92. The lowest BCUT2D eigenvalue weighted by atomic mass is 9.81. The number of nitrogens with one attached hydrogen (secondary N) is 2. The van der Waals surface area contributed by atoms with Crippen molar-refractivity contribution < 1.29 is 14.7 Å². The molecule has 38 heavy (non-hydrogen) atoms. The maximum absolute atomic E-state index is 14.3. The molecule has 2 fully saturated rings. The molecule has 2 aliphatic rings. The van der Waals surface area contributed by atoms with Gasteiger partial charge in [0.2, 0.25) is 11.8 Å². The highest BCUT2D eigenvalue weighted by molar-refractivity contribution is 6.03. The van der Waals surface area contributed by atoms with Crippen molar-refractivity contribution in [2.45, 2.75) is 82.4 Å². The summed E-state index contributed by atoms with van der Waals surface area (Å²) in [5.74, 6) is -1.80. The summed E-state index contributed by atoms with van der Waals surface area (Å²) >= 11 is 0. The molecule has 0 bridgehead atoms. The second-order valence-electron chi connectivity index (χ2n) is 11.6. The maximum Gasteiger partial charge on any atom is 0.248 e. The van der Waals surface area contributed by atoms with Crippen molar-refractivity contribution in [1.29, 1.82) is 5.26 Å². The van der Waals surface area contributed by atoms with E-state index in [1.54, 1.807) is 24.5 Å². The number of carbonyl (C=O) groups excluding carboxylic acids is 2. The van der Waals surface area contributed by atoms with Gasteiger partial charge in [-0.05, 0) is 48.6 Å². The van der Waals surface area contributed by atoms with Crippen molar-refractivity contribution in [2.75, 3.05) is 18.0 Å². The van der Waals surface area contributed by atoms with Crippen molar-refractivity contribution in [1.82, 2.24) is 15.6 Å². The van der Waals surface area contributed by atoms with Crippen molar-refractivity contribution in [3.05, 3.63) is 59.9 Å². The molecule has 2 amide bonds. The van der Waals surface area contributed by atoms with Crippen LogP contribution in [0.4, 0.5) is 5.69 Å². The van der Waals surface area contributed by atoms with Gasteiger partial charge in [-0.2, -0.15) is 5.26 Å². The number of rotatable bonds is 6. The fraction of sp³-hybridized carbons (Fsp3) is 0.533. The second kappa shape index (κ2) is 11.6. The Balaban J connectivity index is 1.81. The zero-order chi connectivity index (χ0) is 27.3. The van der Waals surface area contributed by atoms with Gasteiger partial charge in [0.05, 0.1) is 12.0 Å². The molecule has 0 radical (unpaired) electrons. The van der Waals surface area contributed by atoms with Crippen LogP contribution in [0.25, 0.3) is 0 Å². The fourth-order valence-electron chi connectivity index (χ4n) is 5.47. The number of carbonyl (C=O) groups is 2. The van der Waals surface area contributed by atoms with Crippen molar-refractivity contribution in [3.8, 4) is 6.07 Å². The molecule has 8 heteroatoms. The number of hydrogen-bond donors (Lipinski definition) is 3. The van der Waals surface area contributed by atoms with Crippen molar-refractivity contribution in [3.63, 3.8) is 0 Å². The molecule has 1 aliphatic heterocycles. The smallest absolute Gasteiger partial charge is 0.248 e. The third-order valence-electron chi connectivity index (χ3n) is 7.81. The van der Waals surface area contributed by atoms with Crippen LogP contribution in [0.15, 0.2) is 48.8 Å². The molecule has 1 saturated carbocycles. The van der Waals surface area contributed by atoms with Gasteiger partial charge in [-0.3, -0.25) is 19.5 Å². The quantitative estimate of drug-likeness (QED) is 0.502. The zero-order valence-electron chi connectivity index (χ0n) is 22.6. The number of nitrogens with zero attached hydrogens (tertiary/aromatic N) is 3. The van der Waals surface area contributed by atoms with Crippen LogP contribution < -0.4 is 15.5 Å². The third-order valence-corrected chi connectivity index (χ3v) is 7.81. The lowest BCUT2D eigenvalue weighted by molar-refractivity contribution is -0.134. The third kappa shape index (κ3) is 6.06. The van der Waals surface area contributed by atoms with Crippen LogP contribution in [0, 0.1) is 17.2 Å². The summed E-state index contributed by atoms with van der Waals surface area (Å²) in [6.45, 7) is 6.91. The fourth-order valence-corrected chi connectivity index (χ4v) is 5.47. The van der Waals surface area contributed by atoms with Crippen LogP contribution in [-0.2, 0) is 15.0 Å². The summed E-state index contributed by atoms with van der Waals surface area (Å²) in [5.41, 5.74) is 0.264. The highest BCUT2D eigenvalue weighted by atomic mass is 16.3. The molecule has 3 unspecified atom stereocenters. The molecule has 8 nitrogen and oxygen atoms in total. The number of hydrogen-bond acceptors (Lipinski definition) is 6. The molecule has 1 aliphatic carbocycles. The molecule has 2 heterocycles. The minimum atomic E-state index is -1.83. The van der Waals surface area contributed by atoms with Gasteiger partial charge >= 0.3 is 0 Å². The average molecular weight is 518 g/mol. The summed E-state index contributed by atoms with van der Waals surface area (Å²) in [4.78, 5) is 34.0. The highest BCUT2D eigenvalue weighted by Gasteiger charge is 2.48. The number of amides is 2. The Bertz CT molecular complexity index is 1150. The Hall–Kier alpha value is -3.28. The Labute approximate surface area is 225 Å². The van der Waals surface area contributed by atoms with Gasteiger partial charge in [-0.15, -0.1) is 0 Å². The molecule has 4 rings (SSSR count). The van der Waals surface area contributed by atoms with Crippen molar-refractivity contribution in [2.24, 2.45) is 5.92 Å². The van der Waals surface area contributed by atoms with Gasteiger partial charge in [-0.1, -0.05) is 58.2 Å². The van der Waals surface area contributed by atoms with Gasteiger partial charge in [0.15, 0.2) is 5.60 Å². The van der Waals surface area contributed by atoms with E-state index in [0.29, 0.717) is 17.8 Å². The largest absolute Gasteiger partial charge is 0.374 e. The predicted octanol–water partition coefficient (Wildman–Crippen LogP) is 3.77. The topological polar surface area (TPSA) is 118 Å². The summed E-state index contributed by atoms with van der Waals surface area (Å²) in [5, 5.41) is 27.3. The second-order valence-corrected chi connectivity index (χ2v) is 11.6. The van der Waals surface area contributed by atoms with E-state index in [9.17, 15) is 20.0 Å². The van der Waals surface area contributed by atoms with E-state index >= 15 is 0 Å². The monoisotopic (exact) mass is 517 g/mol. The van der Waals surface area contributed by atoms with Crippen LogP contribution in [0.1, 0.15) is 76.5 Å². The SMILES string of the molecule is CC(C)(C)c1ccc(N(C(=O)C2CNCCC2(O)C#N)C(C(=O)NC2CCCCC2)c2cccnc2)cc1. The van der Waals surface area contributed by atoms with E-state index in [2.05, 4.69) is 36.4 Å². The number of piperidine rings is 1. The maximum atomic E-state index is 14.3. The van der Waals surface area contributed by atoms with E-state index in [1.165, 1.54) is 4.90 Å². The van der Waals surface area contributed by atoms with Gasteiger partial charge in [0.1, 0.15) is 6.04 Å². The number of benzene rings is 1. The van der Waals surface area contributed by atoms with E-state index in [-0.39, 0.29) is 30.3 Å². The summed E-state index contributed by atoms with van der Waals surface area (Å²) in [7, 11) is 0. The Morgan fingerprint density at radius 1 is 1.18 bits per heavy atom. The van der Waals surface area contributed by atoms with Crippen LogP contribution in [-0.4, -0.2) is 46.6 Å². The Morgan fingerprint density at radius 2 is 1.89 bits per heavy atom. The van der Waals surface area contributed by atoms with Crippen LogP contribution in [0.3, 0.4) is 0 Å². The Kier molecular flexibility index (Phi) is 8.49. The number of aromatic nitrogens is 1. The van der Waals surface area contributed by atoms with Gasteiger partial charge in [0, 0.05) is 42.7 Å². The normalized spacial score (nSPS) is 23.2. The molecule has 3 atom stereocenters. The molecule has 3 N–H and O–H groups in total. The Morgan fingerprint density at radius 3 is 2.50 bits per heavy atom.